The molecule has 23 heavy (non-hydrogen) atoms. The number of hydrogen-bond acceptors (Lipinski definition) is 6. The monoisotopic (exact) mass is 347 g/mol. The van der Waals surface area contributed by atoms with Crippen LogP contribution < -0.4 is 16.8 Å². The minimum Gasteiger partial charge on any atom is -0.385 e. The zero-order chi connectivity index (χ0) is 17.0. The van der Waals surface area contributed by atoms with Crippen molar-refractivity contribution in [3.05, 3.63) is 46.2 Å². The van der Waals surface area contributed by atoms with E-state index >= 15 is 0 Å². The van der Waals surface area contributed by atoms with Gasteiger partial charge >= 0.3 is 0 Å². The van der Waals surface area contributed by atoms with E-state index in [2.05, 4.69) is 17.5 Å². The van der Waals surface area contributed by atoms with Gasteiger partial charge in [0.05, 0.1) is 28.1 Å². The molecule has 8 heteroatoms. The van der Waals surface area contributed by atoms with Gasteiger partial charge in [-0.05, 0) is 11.6 Å². The number of carbonyl (C=O) groups excluding carboxylic acids is 1. The standard InChI is InChI=1S/C15H14ClN5OS/c16-12-4-2-1-3-10(12)15(23-8-13(19)22)9(5-17)7-21-14(20)11(15)6-18/h1-4,9,21H,7-8,20H2,(H2,19,22). The first kappa shape index (κ1) is 17.0. The van der Waals surface area contributed by atoms with E-state index in [1.54, 1.807) is 24.3 Å². The van der Waals surface area contributed by atoms with Crippen LogP contribution in [0.25, 0.3) is 0 Å². The Morgan fingerprint density at radius 3 is 2.74 bits per heavy atom. The highest BCUT2D eigenvalue weighted by molar-refractivity contribution is 8.01. The zero-order valence-electron chi connectivity index (χ0n) is 12.0. The van der Waals surface area contributed by atoms with Crippen LogP contribution in [0.3, 0.4) is 0 Å². The van der Waals surface area contributed by atoms with Crippen LogP contribution in [0.1, 0.15) is 5.56 Å². The lowest BCUT2D eigenvalue weighted by Gasteiger charge is -2.41. The highest BCUT2D eigenvalue weighted by atomic mass is 35.5. The number of rotatable bonds is 4. The van der Waals surface area contributed by atoms with E-state index in [9.17, 15) is 15.3 Å². The van der Waals surface area contributed by atoms with E-state index in [-0.39, 0.29) is 23.7 Å². The molecule has 2 unspecified atom stereocenters. The third-order valence-electron chi connectivity index (χ3n) is 3.61. The SMILES string of the molecule is N#CC1=C(N)NCC(C#N)C1(SCC(N)=O)c1ccccc1Cl. The first-order valence-electron chi connectivity index (χ1n) is 6.68. The lowest BCUT2D eigenvalue weighted by atomic mass is 9.78. The Kier molecular flexibility index (Phi) is 5.05. The molecule has 2 rings (SSSR count). The summed E-state index contributed by atoms with van der Waals surface area (Å²) < 4.78 is -1.15. The van der Waals surface area contributed by atoms with Crippen LogP contribution in [0.5, 0.6) is 0 Å². The maximum atomic E-state index is 11.3. The number of primary amides is 1. The van der Waals surface area contributed by atoms with Gasteiger partial charge < -0.3 is 16.8 Å². The minimum atomic E-state index is -1.15. The molecular weight excluding hydrogens is 334 g/mol. The van der Waals surface area contributed by atoms with Gasteiger partial charge in [0.1, 0.15) is 11.9 Å². The largest absolute Gasteiger partial charge is 0.385 e. The van der Waals surface area contributed by atoms with Crippen LogP contribution in [0, 0.1) is 28.6 Å². The summed E-state index contributed by atoms with van der Waals surface area (Å²) in [6.45, 7) is 0.241. The molecule has 1 aromatic rings. The molecule has 0 bridgehead atoms. The minimum absolute atomic E-state index is 0.0676. The summed E-state index contributed by atoms with van der Waals surface area (Å²) in [7, 11) is 0. The molecule has 0 spiro atoms. The van der Waals surface area contributed by atoms with Crippen molar-refractivity contribution in [1.82, 2.24) is 5.32 Å². The molecule has 1 amide bonds. The molecule has 1 aromatic carbocycles. The van der Waals surface area contributed by atoms with Gasteiger partial charge in [0.15, 0.2) is 0 Å². The van der Waals surface area contributed by atoms with Crippen molar-refractivity contribution in [2.45, 2.75) is 4.75 Å². The van der Waals surface area contributed by atoms with Crippen molar-refractivity contribution in [2.24, 2.45) is 17.4 Å². The summed E-state index contributed by atoms with van der Waals surface area (Å²) in [5, 5.41) is 22.5. The average Bonchev–Trinajstić information content (AvgIpc) is 2.53. The lowest BCUT2D eigenvalue weighted by molar-refractivity contribution is -0.115. The molecule has 118 valence electrons. The molecule has 1 aliphatic rings. The van der Waals surface area contributed by atoms with E-state index in [0.717, 1.165) is 11.8 Å². The summed E-state index contributed by atoms with van der Waals surface area (Å²) >= 11 is 7.43. The third kappa shape index (κ3) is 2.94. The number of carbonyl (C=O) groups is 1. The Balaban J connectivity index is 2.76. The molecule has 2 atom stereocenters. The lowest BCUT2D eigenvalue weighted by Crippen LogP contribution is -2.47. The van der Waals surface area contributed by atoms with Crippen molar-refractivity contribution >= 4 is 29.3 Å². The van der Waals surface area contributed by atoms with Crippen LogP contribution in [-0.4, -0.2) is 18.2 Å². The first-order chi connectivity index (χ1) is 11.0. The predicted molar refractivity (Wildman–Crippen MR) is 88.7 cm³/mol. The topological polar surface area (TPSA) is 129 Å². The Hall–Kier alpha value is -2.35. The van der Waals surface area contributed by atoms with Gasteiger partial charge in [-0.15, -0.1) is 11.8 Å². The van der Waals surface area contributed by atoms with Crippen LogP contribution in [-0.2, 0) is 9.54 Å². The van der Waals surface area contributed by atoms with E-state index in [1.807, 2.05) is 0 Å². The van der Waals surface area contributed by atoms with E-state index < -0.39 is 16.6 Å². The number of thioether (sulfide) groups is 1. The Morgan fingerprint density at radius 1 is 1.48 bits per heavy atom. The van der Waals surface area contributed by atoms with Gasteiger partial charge in [0.2, 0.25) is 5.91 Å². The van der Waals surface area contributed by atoms with Gasteiger partial charge in [0, 0.05) is 11.6 Å². The highest BCUT2D eigenvalue weighted by Crippen LogP contribution is 2.52. The van der Waals surface area contributed by atoms with Gasteiger partial charge in [-0.2, -0.15) is 10.5 Å². The zero-order valence-corrected chi connectivity index (χ0v) is 13.6. The quantitative estimate of drug-likeness (QED) is 0.750. The molecule has 0 aromatic heterocycles. The van der Waals surface area contributed by atoms with E-state index in [4.69, 9.17) is 23.1 Å². The number of nitrogens with one attached hydrogen (secondary N) is 1. The van der Waals surface area contributed by atoms with Crippen molar-refractivity contribution in [3.63, 3.8) is 0 Å². The summed E-state index contributed by atoms with van der Waals surface area (Å²) in [5.41, 5.74) is 12.0. The van der Waals surface area contributed by atoms with Crippen molar-refractivity contribution in [3.8, 4) is 12.1 Å². The van der Waals surface area contributed by atoms with Gasteiger partial charge in [-0.25, -0.2) is 0 Å². The fourth-order valence-corrected chi connectivity index (χ4v) is 4.30. The maximum absolute atomic E-state index is 11.3. The third-order valence-corrected chi connectivity index (χ3v) is 5.53. The number of nitriles is 2. The van der Waals surface area contributed by atoms with Crippen LogP contribution in [0.15, 0.2) is 35.7 Å². The predicted octanol–water partition coefficient (Wildman–Crippen LogP) is 1.19. The number of halogens is 1. The molecule has 0 saturated heterocycles. The van der Waals surface area contributed by atoms with Crippen LogP contribution in [0.2, 0.25) is 5.02 Å². The molecule has 0 radical (unpaired) electrons. The summed E-state index contributed by atoms with van der Waals surface area (Å²) in [4.78, 5) is 11.3. The van der Waals surface area contributed by atoms with Gasteiger partial charge in [0.25, 0.3) is 0 Å². The number of benzene rings is 1. The van der Waals surface area contributed by atoms with Crippen molar-refractivity contribution in [1.29, 1.82) is 10.5 Å². The van der Waals surface area contributed by atoms with Crippen LogP contribution >= 0.6 is 23.4 Å². The molecule has 6 nitrogen and oxygen atoms in total. The number of amides is 1. The molecule has 0 fully saturated rings. The normalized spacial score (nSPS) is 23.5. The second-order valence-corrected chi connectivity index (χ2v) is 6.56. The van der Waals surface area contributed by atoms with Crippen LogP contribution in [0.4, 0.5) is 0 Å². The fourth-order valence-electron chi connectivity index (χ4n) is 2.62. The number of nitrogens with two attached hydrogens (primary N) is 2. The fraction of sp³-hybridized carbons (Fsp3) is 0.267. The maximum Gasteiger partial charge on any atom is 0.227 e. The van der Waals surface area contributed by atoms with Crippen molar-refractivity contribution < 1.29 is 4.79 Å². The number of nitrogens with zero attached hydrogens (tertiary/aromatic N) is 2. The second kappa shape index (κ2) is 6.82. The van der Waals surface area contributed by atoms with Crippen molar-refractivity contribution in [2.75, 3.05) is 12.3 Å². The summed E-state index contributed by atoms with van der Waals surface area (Å²) in [6, 6.07) is 11.2. The molecule has 0 aliphatic carbocycles. The Morgan fingerprint density at radius 2 is 2.17 bits per heavy atom. The Labute approximate surface area is 143 Å². The molecule has 5 N–H and O–H groups in total. The summed E-state index contributed by atoms with van der Waals surface area (Å²) in [6.07, 6.45) is 0. The highest BCUT2D eigenvalue weighted by Gasteiger charge is 2.50. The van der Waals surface area contributed by atoms with Gasteiger partial charge in [-0.1, -0.05) is 29.8 Å². The number of hydrogen-bond donors (Lipinski definition) is 3. The molecule has 1 aliphatic heterocycles. The second-order valence-electron chi connectivity index (χ2n) is 4.93. The first-order valence-corrected chi connectivity index (χ1v) is 8.04. The van der Waals surface area contributed by atoms with E-state index in [0.29, 0.717) is 10.6 Å². The molecular formula is C15H14ClN5OS. The van der Waals surface area contributed by atoms with E-state index in [1.165, 1.54) is 0 Å². The smallest absolute Gasteiger partial charge is 0.227 e. The Bertz CT molecular complexity index is 751. The molecule has 0 saturated carbocycles. The average molecular weight is 348 g/mol. The van der Waals surface area contributed by atoms with Gasteiger partial charge in [-0.3, -0.25) is 4.79 Å². The molecule has 1 heterocycles. The summed E-state index contributed by atoms with van der Waals surface area (Å²) in [5.74, 6) is -1.08.